The molecule has 0 aromatic rings. The first-order valence-corrected chi connectivity index (χ1v) is 4.73. The quantitative estimate of drug-likeness (QED) is 0.712. The molecule has 0 aliphatic rings. The number of hydrogen-bond acceptors (Lipinski definition) is 5. The number of carbonyl (C=O) groups excluding carboxylic acids is 2. The van der Waals surface area contributed by atoms with Crippen molar-refractivity contribution in [2.45, 2.75) is 32.5 Å². The molecule has 0 heterocycles. The molecule has 0 aliphatic heterocycles. The number of hydrogen-bond donors (Lipinski definition) is 2. The molecule has 0 saturated heterocycles. The molecule has 0 radical (unpaired) electrons. The maximum absolute atomic E-state index is 10.6. The number of carbonyl (C=O) groups is 2. The van der Waals surface area contributed by atoms with Crippen LogP contribution in [-0.2, 0) is 14.2 Å². The highest BCUT2D eigenvalue weighted by molar-refractivity contribution is 5.65. The van der Waals surface area contributed by atoms with Crippen molar-refractivity contribution in [1.29, 1.82) is 0 Å². The van der Waals surface area contributed by atoms with E-state index in [2.05, 4.69) is 9.47 Å². The molecule has 7 heteroatoms. The van der Waals surface area contributed by atoms with E-state index in [1.54, 1.807) is 0 Å². The Morgan fingerprint density at radius 3 is 2.06 bits per heavy atom. The van der Waals surface area contributed by atoms with Crippen LogP contribution in [0.3, 0.4) is 0 Å². The van der Waals surface area contributed by atoms with E-state index in [1.165, 1.54) is 0 Å². The third-order valence-electron chi connectivity index (χ3n) is 1.40. The zero-order valence-corrected chi connectivity index (χ0v) is 9.69. The van der Waals surface area contributed by atoms with E-state index < -0.39 is 23.9 Å². The van der Waals surface area contributed by atoms with Gasteiger partial charge in [-0.05, 0) is 20.8 Å². The highest BCUT2D eigenvalue weighted by Crippen LogP contribution is 2.08. The number of ether oxygens (including phenoxy) is 3. The first-order valence-electron chi connectivity index (χ1n) is 4.73. The Morgan fingerprint density at radius 2 is 1.69 bits per heavy atom. The summed E-state index contributed by atoms with van der Waals surface area (Å²) in [4.78, 5) is 20.9. The molecule has 7 nitrogen and oxygen atoms in total. The van der Waals surface area contributed by atoms with E-state index in [-0.39, 0.29) is 13.2 Å². The monoisotopic (exact) mass is 234 g/mol. The maximum Gasteiger partial charge on any atom is 0.404 e. The number of rotatable bonds is 5. The Hall–Kier alpha value is -1.50. The molecular formula is C9H18N2O5. The summed E-state index contributed by atoms with van der Waals surface area (Å²) in [6.07, 6.45) is -2.67. The highest BCUT2D eigenvalue weighted by Gasteiger charge is 2.19. The summed E-state index contributed by atoms with van der Waals surface area (Å²) in [5, 5.41) is 0. The van der Waals surface area contributed by atoms with Crippen molar-refractivity contribution in [1.82, 2.24) is 0 Å². The zero-order chi connectivity index (χ0) is 12.8. The summed E-state index contributed by atoms with van der Waals surface area (Å²) in [5.41, 5.74) is 9.23. The molecule has 0 spiro atoms. The molecule has 0 rings (SSSR count). The molecule has 1 atom stereocenters. The fourth-order valence-electron chi connectivity index (χ4n) is 0.798. The van der Waals surface area contributed by atoms with Crippen LogP contribution in [0.2, 0.25) is 0 Å². The van der Waals surface area contributed by atoms with Gasteiger partial charge in [0.15, 0.2) is 6.10 Å². The molecule has 2 amide bonds. The van der Waals surface area contributed by atoms with Gasteiger partial charge in [-0.25, -0.2) is 9.59 Å². The maximum atomic E-state index is 10.6. The van der Waals surface area contributed by atoms with Crippen molar-refractivity contribution < 1.29 is 23.8 Å². The summed E-state index contributed by atoms with van der Waals surface area (Å²) in [6, 6.07) is 0. The molecule has 0 aromatic carbocycles. The topological polar surface area (TPSA) is 114 Å². The molecule has 4 N–H and O–H groups in total. The SMILES string of the molecule is CC(C)(C)OCC(COC(N)=O)OC(N)=O. The van der Waals surface area contributed by atoms with Gasteiger partial charge in [-0.3, -0.25) is 0 Å². The third kappa shape index (κ3) is 9.07. The van der Waals surface area contributed by atoms with E-state index >= 15 is 0 Å². The van der Waals surface area contributed by atoms with Crippen LogP contribution in [0.5, 0.6) is 0 Å². The Labute approximate surface area is 94.0 Å². The second-order valence-electron chi connectivity index (χ2n) is 4.11. The molecule has 16 heavy (non-hydrogen) atoms. The average Bonchev–Trinajstić information content (AvgIpc) is 2.07. The Balaban J connectivity index is 4.10. The van der Waals surface area contributed by atoms with E-state index in [4.69, 9.17) is 16.2 Å². The number of nitrogens with two attached hydrogens (primary N) is 2. The predicted molar refractivity (Wildman–Crippen MR) is 55.7 cm³/mol. The van der Waals surface area contributed by atoms with Gasteiger partial charge < -0.3 is 25.7 Å². The lowest BCUT2D eigenvalue weighted by atomic mass is 10.2. The van der Waals surface area contributed by atoms with Crippen molar-refractivity contribution in [2.24, 2.45) is 11.5 Å². The van der Waals surface area contributed by atoms with Gasteiger partial charge in [0.2, 0.25) is 0 Å². The van der Waals surface area contributed by atoms with Gasteiger partial charge in [-0.1, -0.05) is 0 Å². The second kappa shape index (κ2) is 6.16. The van der Waals surface area contributed by atoms with E-state index in [1.807, 2.05) is 20.8 Å². The number of primary amides is 2. The molecule has 0 bridgehead atoms. The normalized spacial score (nSPS) is 12.9. The average molecular weight is 234 g/mol. The minimum Gasteiger partial charge on any atom is -0.446 e. The fourth-order valence-corrected chi connectivity index (χ4v) is 0.798. The third-order valence-corrected chi connectivity index (χ3v) is 1.40. The van der Waals surface area contributed by atoms with Gasteiger partial charge in [-0.2, -0.15) is 0 Å². The van der Waals surface area contributed by atoms with Crippen molar-refractivity contribution in [3.63, 3.8) is 0 Å². The first-order chi connectivity index (χ1) is 7.20. The molecule has 0 saturated carbocycles. The lowest BCUT2D eigenvalue weighted by Crippen LogP contribution is -2.35. The van der Waals surface area contributed by atoms with Crippen molar-refractivity contribution in [3.05, 3.63) is 0 Å². The van der Waals surface area contributed by atoms with E-state index in [0.717, 1.165) is 0 Å². The van der Waals surface area contributed by atoms with Gasteiger partial charge in [0, 0.05) is 0 Å². The Kier molecular flexibility index (Phi) is 5.59. The summed E-state index contributed by atoms with van der Waals surface area (Å²) in [7, 11) is 0. The second-order valence-corrected chi connectivity index (χ2v) is 4.11. The van der Waals surface area contributed by atoms with Crippen LogP contribution in [0.1, 0.15) is 20.8 Å². The van der Waals surface area contributed by atoms with Crippen LogP contribution in [0.4, 0.5) is 9.59 Å². The van der Waals surface area contributed by atoms with Crippen LogP contribution in [-0.4, -0.2) is 37.1 Å². The summed E-state index contributed by atoms with van der Waals surface area (Å²) >= 11 is 0. The Bertz CT molecular complexity index is 249. The predicted octanol–water partition coefficient (Wildman–Crippen LogP) is 0.361. The van der Waals surface area contributed by atoms with Gasteiger partial charge in [0.25, 0.3) is 0 Å². The lowest BCUT2D eigenvalue weighted by molar-refractivity contribution is -0.0648. The summed E-state index contributed by atoms with van der Waals surface area (Å²) in [5.74, 6) is 0. The summed E-state index contributed by atoms with van der Waals surface area (Å²) in [6.45, 7) is 5.39. The van der Waals surface area contributed by atoms with Gasteiger partial charge in [0.05, 0.1) is 12.2 Å². The van der Waals surface area contributed by atoms with Gasteiger partial charge >= 0.3 is 12.2 Å². The molecule has 0 aromatic heterocycles. The fraction of sp³-hybridized carbons (Fsp3) is 0.778. The molecule has 0 aliphatic carbocycles. The highest BCUT2D eigenvalue weighted by atomic mass is 16.6. The van der Waals surface area contributed by atoms with Crippen molar-refractivity contribution in [2.75, 3.05) is 13.2 Å². The van der Waals surface area contributed by atoms with Gasteiger partial charge in [-0.15, -0.1) is 0 Å². The minimum atomic E-state index is -0.962. The van der Waals surface area contributed by atoms with Crippen LogP contribution in [0, 0.1) is 0 Å². The first kappa shape index (κ1) is 14.5. The largest absolute Gasteiger partial charge is 0.446 e. The lowest BCUT2D eigenvalue weighted by Gasteiger charge is -2.23. The molecule has 0 fully saturated rings. The van der Waals surface area contributed by atoms with Crippen LogP contribution >= 0.6 is 0 Å². The summed E-state index contributed by atoms with van der Waals surface area (Å²) < 4.78 is 14.5. The molecule has 1 unspecified atom stereocenters. The van der Waals surface area contributed by atoms with Crippen molar-refractivity contribution in [3.8, 4) is 0 Å². The van der Waals surface area contributed by atoms with Gasteiger partial charge in [0.1, 0.15) is 6.61 Å². The standard InChI is InChI=1S/C9H18N2O5/c1-9(2,3)15-5-6(16-8(11)13)4-14-7(10)12/h6H,4-5H2,1-3H3,(H2,10,12)(H2,11,13). The van der Waals surface area contributed by atoms with E-state index in [9.17, 15) is 9.59 Å². The van der Waals surface area contributed by atoms with Crippen LogP contribution in [0.25, 0.3) is 0 Å². The number of amides is 2. The minimum absolute atomic E-state index is 0.0692. The Morgan fingerprint density at radius 1 is 1.12 bits per heavy atom. The van der Waals surface area contributed by atoms with Crippen molar-refractivity contribution >= 4 is 12.2 Å². The van der Waals surface area contributed by atoms with E-state index in [0.29, 0.717) is 0 Å². The zero-order valence-electron chi connectivity index (χ0n) is 9.69. The molecular weight excluding hydrogens is 216 g/mol. The van der Waals surface area contributed by atoms with Crippen LogP contribution < -0.4 is 11.5 Å². The smallest absolute Gasteiger partial charge is 0.404 e. The molecule has 94 valence electrons. The van der Waals surface area contributed by atoms with Crippen LogP contribution in [0.15, 0.2) is 0 Å².